The third-order valence-corrected chi connectivity index (χ3v) is 3.04. The molecule has 0 saturated heterocycles. The minimum absolute atomic E-state index is 0.185. The van der Waals surface area contributed by atoms with E-state index in [1.807, 2.05) is 20.8 Å². The average Bonchev–Trinajstić information content (AvgIpc) is 2.82. The van der Waals surface area contributed by atoms with Crippen LogP contribution >= 0.6 is 0 Å². The predicted molar refractivity (Wildman–Crippen MR) is 67.9 cm³/mol. The summed E-state index contributed by atoms with van der Waals surface area (Å²) in [6, 6.07) is 4.96. The second-order valence-electron chi connectivity index (χ2n) is 6.03. The van der Waals surface area contributed by atoms with E-state index in [2.05, 4.69) is 5.16 Å². The molecular weight excluding hydrogens is 283 g/mol. The van der Waals surface area contributed by atoms with Gasteiger partial charge < -0.3 is 4.52 Å². The molecule has 0 spiro atoms. The zero-order valence-corrected chi connectivity index (χ0v) is 12.1. The Morgan fingerprint density at radius 3 is 2.10 bits per heavy atom. The Morgan fingerprint density at radius 2 is 1.71 bits per heavy atom. The van der Waals surface area contributed by atoms with Crippen LogP contribution in [0.3, 0.4) is 0 Å². The lowest BCUT2D eigenvalue weighted by atomic mass is 9.81. The second kappa shape index (κ2) is 5.77. The summed E-state index contributed by atoms with van der Waals surface area (Å²) in [5, 5.41) is 22.0. The molecule has 21 heavy (non-hydrogen) atoms. The van der Waals surface area contributed by atoms with Crippen LogP contribution in [0.5, 0.6) is 0 Å². The van der Waals surface area contributed by atoms with Crippen molar-refractivity contribution in [3.8, 4) is 12.1 Å². The van der Waals surface area contributed by atoms with Gasteiger partial charge in [0.05, 0.1) is 17.8 Å². The summed E-state index contributed by atoms with van der Waals surface area (Å²) in [6.07, 6.45) is -6.35. The molecule has 0 bridgehead atoms. The Balaban J connectivity index is 2.92. The van der Waals surface area contributed by atoms with E-state index in [9.17, 15) is 13.2 Å². The quantitative estimate of drug-likeness (QED) is 0.845. The number of alkyl halides is 3. The summed E-state index contributed by atoms with van der Waals surface area (Å²) in [6.45, 7) is 5.67. The third-order valence-electron chi connectivity index (χ3n) is 3.04. The topological polar surface area (TPSA) is 73.6 Å². The Hall–Kier alpha value is -2.02. The number of rotatable bonds is 4. The van der Waals surface area contributed by atoms with Crippen molar-refractivity contribution in [1.82, 2.24) is 5.16 Å². The molecule has 7 heteroatoms. The molecule has 1 aromatic rings. The zero-order chi connectivity index (χ0) is 16.3. The zero-order valence-electron chi connectivity index (χ0n) is 12.1. The van der Waals surface area contributed by atoms with Crippen molar-refractivity contribution in [1.29, 1.82) is 10.5 Å². The molecule has 0 atom stereocenters. The lowest BCUT2D eigenvalue weighted by Gasteiger charge is -2.18. The first-order chi connectivity index (χ1) is 9.51. The van der Waals surface area contributed by atoms with E-state index in [0.29, 0.717) is 11.5 Å². The molecular formula is C14H16F3N3O. The predicted octanol–water partition coefficient (Wildman–Crippen LogP) is 3.89. The Morgan fingerprint density at radius 1 is 1.14 bits per heavy atom. The first-order valence-corrected chi connectivity index (χ1v) is 6.37. The molecule has 0 saturated carbocycles. The van der Waals surface area contributed by atoms with Crippen LogP contribution in [0.1, 0.15) is 45.1 Å². The summed E-state index contributed by atoms with van der Waals surface area (Å²) >= 11 is 0. The molecule has 1 heterocycles. The maximum Gasteiger partial charge on any atom is 0.389 e. The van der Waals surface area contributed by atoms with Crippen LogP contribution < -0.4 is 0 Å². The van der Waals surface area contributed by atoms with Gasteiger partial charge in [-0.25, -0.2) is 0 Å². The van der Waals surface area contributed by atoms with Crippen LogP contribution in [-0.2, 0) is 11.8 Å². The van der Waals surface area contributed by atoms with E-state index in [4.69, 9.17) is 15.0 Å². The first-order valence-electron chi connectivity index (χ1n) is 6.37. The van der Waals surface area contributed by atoms with Crippen molar-refractivity contribution < 1.29 is 17.7 Å². The fraction of sp³-hybridized carbons (Fsp3) is 0.643. The molecule has 0 aliphatic carbocycles. The summed E-state index contributed by atoms with van der Waals surface area (Å²) in [5.74, 6) is 0.554. The molecule has 0 aliphatic rings. The number of nitriles is 2. The van der Waals surface area contributed by atoms with Crippen molar-refractivity contribution in [3.63, 3.8) is 0 Å². The molecule has 0 N–H and O–H groups in total. The van der Waals surface area contributed by atoms with Crippen molar-refractivity contribution in [2.24, 2.45) is 5.41 Å². The van der Waals surface area contributed by atoms with Crippen LogP contribution in [0.25, 0.3) is 0 Å². The van der Waals surface area contributed by atoms with Gasteiger partial charge in [0.15, 0.2) is 0 Å². The minimum Gasteiger partial charge on any atom is -0.361 e. The molecule has 0 amide bonds. The van der Waals surface area contributed by atoms with Gasteiger partial charge in [-0.3, -0.25) is 0 Å². The van der Waals surface area contributed by atoms with Crippen molar-refractivity contribution in [2.75, 3.05) is 0 Å². The standard InChI is InChI=1S/C14H16F3N3O/c1-12(2,3)11-6-10(20-21-11)7-13(8-18,9-19)4-5-14(15,16)17/h6H,4-5,7H2,1-3H3. The number of hydrogen-bond acceptors (Lipinski definition) is 4. The minimum atomic E-state index is -4.40. The Kier molecular flexibility index (Phi) is 4.68. The molecule has 0 unspecified atom stereocenters. The number of halogens is 3. The van der Waals surface area contributed by atoms with Crippen molar-refractivity contribution >= 4 is 0 Å². The summed E-state index contributed by atoms with van der Waals surface area (Å²) in [5.41, 5.74) is -1.74. The number of hydrogen-bond donors (Lipinski definition) is 0. The van der Waals surface area contributed by atoms with E-state index in [1.54, 1.807) is 18.2 Å². The summed E-state index contributed by atoms with van der Waals surface area (Å²) in [4.78, 5) is 0. The first kappa shape index (κ1) is 17.0. The van der Waals surface area contributed by atoms with Gasteiger partial charge in [0.25, 0.3) is 0 Å². The summed E-state index contributed by atoms with van der Waals surface area (Å²) < 4.78 is 42.0. The lowest BCUT2D eigenvalue weighted by molar-refractivity contribution is -0.138. The monoisotopic (exact) mass is 299 g/mol. The van der Waals surface area contributed by atoms with Crippen molar-refractivity contribution in [3.05, 3.63) is 17.5 Å². The van der Waals surface area contributed by atoms with Crippen LogP contribution in [0.15, 0.2) is 10.6 Å². The third kappa shape index (κ3) is 4.78. The van der Waals surface area contributed by atoms with E-state index in [-0.39, 0.29) is 11.8 Å². The number of nitrogens with zero attached hydrogens (tertiary/aromatic N) is 3. The highest BCUT2D eigenvalue weighted by atomic mass is 19.4. The van der Waals surface area contributed by atoms with E-state index in [0.717, 1.165) is 0 Å². The van der Waals surface area contributed by atoms with Crippen molar-refractivity contribution in [2.45, 2.75) is 51.6 Å². The fourth-order valence-electron chi connectivity index (χ4n) is 1.72. The fourth-order valence-corrected chi connectivity index (χ4v) is 1.72. The Bertz CT molecular complexity index is 556. The summed E-state index contributed by atoms with van der Waals surface area (Å²) in [7, 11) is 0. The highest BCUT2D eigenvalue weighted by molar-refractivity contribution is 5.22. The molecule has 1 rings (SSSR count). The van der Waals surface area contributed by atoms with E-state index < -0.39 is 24.4 Å². The largest absolute Gasteiger partial charge is 0.389 e. The molecule has 0 radical (unpaired) electrons. The van der Waals surface area contributed by atoms with Gasteiger partial charge >= 0.3 is 6.18 Å². The van der Waals surface area contributed by atoms with Gasteiger partial charge in [-0.15, -0.1) is 0 Å². The average molecular weight is 299 g/mol. The van der Waals surface area contributed by atoms with Gasteiger partial charge in [-0.2, -0.15) is 23.7 Å². The molecule has 0 aromatic carbocycles. The molecule has 1 aromatic heterocycles. The smallest absolute Gasteiger partial charge is 0.361 e. The lowest BCUT2D eigenvalue weighted by Crippen LogP contribution is -2.23. The van der Waals surface area contributed by atoms with Crippen LogP contribution in [-0.4, -0.2) is 11.3 Å². The van der Waals surface area contributed by atoms with Gasteiger partial charge in [-0.05, 0) is 6.42 Å². The molecule has 114 valence electrons. The highest BCUT2D eigenvalue weighted by Crippen LogP contribution is 2.33. The van der Waals surface area contributed by atoms with Gasteiger partial charge in [0, 0.05) is 24.3 Å². The molecule has 0 aliphatic heterocycles. The Labute approximate surface area is 121 Å². The van der Waals surface area contributed by atoms with Crippen LogP contribution in [0.4, 0.5) is 13.2 Å². The van der Waals surface area contributed by atoms with Gasteiger partial charge in [0.2, 0.25) is 0 Å². The number of aromatic nitrogens is 1. The van der Waals surface area contributed by atoms with Gasteiger partial charge in [0.1, 0.15) is 11.2 Å². The van der Waals surface area contributed by atoms with E-state index in [1.165, 1.54) is 0 Å². The SMILES string of the molecule is CC(C)(C)c1cc(CC(C#N)(C#N)CCC(F)(F)F)no1. The highest BCUT2D eigenvalue weighted by Gasteiger charge is 2.38. The maximum atomic E-state index is 12.3. The maximum absolute atomic E-state index is 12.3. The second-order valence-corrected chi connectivity index (χ2v) is 6.03. The van der Waals surface area contributed by atoms with Crippen LogP contribution in [0.2, 0.25) is 0 Å². The van der Waals surface area contributed by atoms with E-state index >= 15 is 0 Å². The molecule has 0 fully saturated rings. The normalized spacial score (nSPS) is 12.8. The van der Waals surface area contributed by atoms with Gasteiger partial charge in [-0.1, -0.05) is 25.9 Å². The van der Waals surface area contributed by atoms with Crippen LogP contribution in [0, 0.1) is 28.1 Å². The molecule has 4 nitrogen and oxygen atoms in total.